The van der Waals surface area contributed by atoms with Crippen LogP contribution in [0.25, 0.3) is 0 Å². The van der Waals surface area contributed by atoms with E-state index in [4.69, 9.17) is 4.42 Å². The Bertz CT molecular complexity index is 1060. The molecule has 3 rings (SSSR count). The zero-order valence-electron chi connectivity index (χ0n) is 15.8. The summed E-state index contributed by atoms with van der Waals surface area (Å²) in [5.41, 5.74) is 1.52. The van der Waals surface area contributed by atoms with Crippen LogP contribution in [0.15, 0.2) is 69.8 Å². The van der Waals surface area contributed by atoms with Gasteiger partial charge in [-0.15, -0.1) is 0 Å². The number of hydrogen-bond donors (Lipinski definition) is 2. The van der Waals surface area contributed by atoms with Gasteiger partial charge in [0.15, 0.2) is 17.0 Å². The molecule has 2 aromatic carbocycles. The molecule has 0 saturated carbocycles. The monoisotopic (exact) mass is 496 g/mol. The molecule has 2 N–H and O–H groups in total. The number of rotatable bonds is 7. The number of hydrogen-bond acceptors (Lipinski definition) is 4. The first-order chi connectivity index (χ1) is 14.7. The lowest BCUT2D eigenvalue weighted by Gasteiger charge is -2.11. The predicted molar refractivity (Wildman–Crippen MR) is 111 cm³/mol. The van der Waals surface area contributed by atoms with Crippen LogP contribution in [0.5, 0.6) is 5.75 Å². The van der Waals surface area contributed by atoms with E-state index in [1.54, 1.807) is 36.4 Å². The Morgan fingerprint density at radius 1 is 0.968 bits per heavy atom. The zero-order chi connectivity index (χ0) is 22.4. The van der Waals surface area contributed by atoms with E-state index in [1.807, 2.05) is 0 Å². The van der Waals surface area contributed by atoms with Gasteiger partial charge in [0.1, 0.15) is 5.75 Å². The first kappa shape index (κ1) is 22.4. The second-order valence-electron chi connectivity index (χ2n) is 6.41. The number of nitrogens with one attached hydrogen (secondary N) is 2. The van der Waals surface area contributed by atoms with Crippen LogP contribution in [0.2, 0.25) is 0 Å². The van der Waals surface area contributed by atoms with E-state index in [0.717, 1.165) is 0 Å². The van der Waals surface area contributed by atoms with Gasteiger partial charge < -0.3 is 19.8 Å². The van der Waals surface area contributed by atoms with Crippen LogP contribution in [0.1, 0.15) is 16.1 Å². The number of furan rings is 1. The van der Waals surface area contributed by atoms with E-state index < -0.39 is 18.7 Å². The van der Waals surface area contributed by atoms with Gasteiger partial charge in [0.25, 0.3) is 5.91 Å². The molecule has 1 aromatic heterocycles. The number of ether oxygens (including phenoxy) is 1. The van der Waals surface area contributed by atoms with Gasteiger partial charge in [0.05, 0.1) is 6.42 Å². The molecule has 0 radical (unpaired) electrons. The average molecular weight is 497 g/mol. The fraction of sp³-hybridized carbons (Fsp3) is 0.143. The van der Waals surface area contributed by atoms with E-state index >= 15 is 0 Å². The first-order valence-electron chi connectivity index (χ1n) is 8.93. The maximum Gasteiger partial charge on any atom is 0.422 e. The second-order valence-corrected chi connectivity index (χ2v) is 7.19. The summed E-state index contributed by atoms with van der Waals surface area (Å²) >= 11 is 3.12. The van der Waals surface area contributed by atoms with Crippen LogP contribution in [0.3, 0.4) is 0 Å². The summed E-state index contributed by atoms with van der Waals surface area (Å²) in [6, 6.07) is 15.5. The highest BCUT2D eigenvalue weighted by Gasteiger charge is 2.28. The minimum absolute atomic E-state index is 0.00111. The van der Waals surface area contributed by atoms with Gasteiger partial charge in [0.2, 0.25) is 5.91 Å². The lowest BCUT2D eigenvalue weighted by molar-refractivity contribution is -0.153. The van der Waals surface area contributed by atoms with Crippen molar-refractivity contribution < 1.29 is 31.9 Å². The quantitative estimate of drug-likeness (QED) is 0.457. The molecular formula is C21H16BrF3N2O4. The molecule has 0 aliphatic carbocycles. The topological polar surface area (TPSA) is 80.6 Å². The molecular weight excluding hydrogens is 481 g/mol. The third-order valence-corrected chi connectivity index (χ3v) is 4.32. The number of carbonyl (C=O) groups excluding carboxylic acids is 2. The number of halogens is 4. The summed E-state index contributed by atoms with van der Waals surface area (Å²) in [5, 5.41) is 5.28. The Morgan fingerprint density at radius 2 is 1.71 bits per heavy atom. The van der Waals surface area contributed by atoms with Crippen molar-refractivity contribution in [1.29, 1.82) is 0 Å². The second kappa shape index (κ2) is 9.69. The molecule has 0 aliphatic heterocycles. The minimum Gasteiger partial charge on any atom is -0.484 e. The van der Waals surface area contributed by atoms with Crippen molar-refractivity contribution in [3.63, 3.8) is 0 Å². The van der Waals surface area contributed by atoms with Crippen LogP contribution >= 0.6 is 15.9 Å². The molecule has 10 heteroatoms. The Balaban J connectivity index is 1.53. The van der Waals surface area contributed by atoms with E-state index in [-0.39, 0.29) is 23.8 Å². The average Bonchev–Trinajstić information content (AvgIpc) is 3.14. The van der Waals surface area contributed by atoms with Crippen molar-refractivity contribution in [3.8, 4) is 5.75 Å². The molecule has 3 aromatic rings. The Kier molecular flexibility index (Phi) is 7.01. The third kappa shape index (κ3) is 7.18. The van der Waals surface area contributed by atoms with Crippen molar-refractivity contribution in [2.24, 2.45) is 0 Å². The fourth-order valence-corrected chi connectivity index (χ4v) is 2.86. The number of benzene rings is 2. The van der Waals surface area contributed by atoms with Crippen molar-refractivity contribution in [3.05, 3.63) is 76.7 Å². The van der Waals surface area contributed by atoms with Gasteiger partial charge in [-0.2, -0.15) is 13.2 Å². The molecule has 6 nitrogen and oxygen atoms in total. The van der Waals surface area contributed by atoms with Gasteiger partial charge in [-0.05, 0) is 57.9 Å². The van der Waals surface area contributed by atoms with Crippen molar-refractivity contribution in [2.45, 2.75) is 12.6 Å². The molecule has 0 saturated heterocycles. The highest BCUT2D eigenvalue weighted by atomic mass is 79.9. The van der Waals surface area contributed by atoms with Gasteiger partial charge in [0, 0.05) is 17.4 Å². The smallest absolute Gasteiger partial charge is 0.422 e. The highest BCUT2D eigenvalue weighted by Crippen LogP contribution is 2.22. The standard InChI is InChI=1S/C21H16BrF3N2O4/c22-18-9-8-17(31-18)20(29)27-14-6-4-13(5-7-14)10-19(28)26-15-2-1-3-16(11-15)30-12-21(23,24)25/h1-9,11H,10,12H2,(H,26,28)(H,27,29). The molecule has 0 spiro atoms. The Morgan fingerprint density at radius 3 is 2.35 bits per heavy atom. The number of amides is 2. The normalized spacial score (nSPS) is 11.1. The van der Waals surface area contributed by atoms with Crippen LogP contribution in [-0.4, -0.2) is 24.6 Å². The summed E-state index contributed by atoms with van der Waals surface area (Å²) < 4.78 is 47.1. The Hall–Kier alpha value is -3.27. The molecule has 31 heavy (non-hydrogen) atoms. The van der Waals surface area contributed by atoms with Gasteiger partial charge in [-0.3, -0.25) is 9.59 Å². The minimum atomic E-state index is -4.44. The number of carbonyl (C=O) groups is 2. The van der Waals surface area contributed by atoms with Gasteiger partial charge in [-0.1, -0.05) is 18.2 Å². The molecule has 162 valence electrons. The zero-order valence-corrected chi connectivity index (χ0v) is 17.4. The van der Waals surface area contributed by atoms with Crippen LogP contribution < -0.4 is 15.4 Å². The van der Waals surface area contributed by atoms with Gasteiger partial charge in [-0.25, -0.2) is 0 Å². The van der Waals surface area contributed by atoms with Crippen molar-refractivity contribution in [1.82, 2.24) is 0 Å². The largest absolute Gasteiger partial charge is 0.484 e. The SMILES string of the molecule is O=C(Cc1ccc(NC(=O)c2ccc(Br)o2)cc1)Nc1cccc(OCC(F)(F)F)c1. The fourth-order valence-electron chi connectivity index (χ4n) is 2.55. The molecule has 0 aliphatic rings. The lowest BCUT2D eigenvalue weighted by Crippen LogP contribution is -2.19. The van der Waals surface area contributed by atoms with E-state index in [9.17, 15) is 22.8 Å². The molecule has 0 fully saturated rings. The summed E-state index contributed by atoms with van der Waals surface area (Å²) in [7, 11) is 0. The molecule has 1 heterocycles. The van der Waals surface area contributed by atoms with Crippen molar-refractivity contribution >= 4 is 39.1 Å². The maximum absolute atomic E-state index is 12.3. The predicted octanol–water partition coefficient (Wildman–Crippen LogP) is 5.42. The summed E-state index contributed by atoms with van der Waals surface area (Å²) in [4.78, 5) is 24.3. The van der Waals surface area contributed by atoms with E-state index in [2.05, 4.69) is 31.3 Å². The van der Waals surface area contributed by atoms with Crippen molar-refractivity contribution in [2.75, 3.05) is 17.2 Å². The first-order valence-corrected chi connectivity index (χ1v) is 9.72. The lowest BCUT2D eigenvalue weighted by atomic mass is 10.1. The van der Waals surface area contributed by atoms with Crippen LogP contribution in [-0.2, 0) is 11.2 Å². The van der Waals surface area contributed by atoms with E-state index in [0.29, 0.717) is 21.6 Å². The molecule has 0 unspecified atom stereocenters. The third-order valence-electron chi connectivity index (χ3n) is 3.89. The van der Waals surface area contributed by atoms with Crippen LogP contribution in [0.4, 0.5) is 24.5 Å². The van der Waals surface area contributed by atoms with E-state index in [1.165, 1.54) is 24.3 Å². The number of anilines is 2. The Labute approximate surface area is 183 Å². The van der Waals surface area contributed by atoms with Crippen LogP contribution in [0, 0.1) is 0 Å². The molecule has 0 bridgehead atoms. The summed E-state index contributed by atoms with van der Waals surface area (Å²) in [5.74, 6) is -0.621. The summed E-state index contributed by atoms with van der Waals surface area (Å²) in [6.45, 7) is -1.41. The highest BCUT2D eigenvalue weighted by molar-refractivity contribution is 9.10. The van der Waals surface area contributed by atoms with Gasteiger partial charge >= 0.3 is 6.18 Å². The maximum atomic E-state index is 12.3. The summed E-state index contributed by atoms with van der Waals surface area (Å²) in [6.07, 6.45) is -4.41. The number of alkyl halides is 3. The molecule has 2 amide bonds. The molecule has 0 atom stereocenters.